The summed E-state index contributed by atoms with van der Waals surface area (Å²) in [5.74, 6) is -0.613. The highest BCUT2D eigenvalue weighted by Gasteiger charge is 2.55. The summed E-state index contributed by atoms with van der Waals surface area (Å²) in [5, 5.41) is 9.62. The van der Waals surface area contributed by atoms with Gasteiger partial charge in [-0.1, -0.05) is 29.5 Å². The predicted molar refractivity (Wildman–Crippen MR) is 89.8 cm³/mol. The minimum atomic E-state index is -0.778. The van der Waals surface area contributed by atoms with Crippen LogP contribution in [0.2, 0.25) is 0 Å². The second-order valence-electron chi connectivity index (χ2n) is 6.06. The molecule has 0 aliphatic carbocycles. The van der Waals surface area contributed by atoms with Crippen molar-refractivity contribution >= 4 is 23.2 Å². The van der Waals surface area contributed by atoms with E-state index < -0.39 is 12.1 Å². The molecule has 2 aromatic carbocycles. The van der Waals surface area contributed by atoms with Crippen molar-refractivity contribution in [2.24, 2.45) is 10.3 Å². The number of imide groups is 1. The molecule has 2 aliphatic rings. The van der Waals surface area contributed by atoms with Crippen LogP contribution in [0.15, 0.2) is 58.9 Å². The highest BCUT2D eigenvalue weighted by atomic mass is 16.2. The van der Waals surface area contributed by atoms with Gasteiger partial charge in [-0.15, -0.1) is 0 Å². The maximum absolute atomic E-state index is 12.9. The third kappa shape index (κ3) is 2.03. The van der Waals surface area contributed by atoms with Crippen molar-refractivity contribution in [1.29, 1.82) is 0 Å². The number of nitrogens with zero attached hydrogens (tertiary/aromatic N) is 4. The summed E-state index contributed by atoms with van der Waals surface area (Å²) in [7, 11) is 0. The van der Waals surface area contributed by atoms with Crippen molar-refractivity contribution in [1.82, 2.24) is 0 Å². The fraction of sp³-hybridized carbons (Fsp3) is 0.222. The van der Waals surface area contributed by atoms with E-state index in [9.17, 15) is 9.59 Å². The molecule has 120 valence electrons. The number of carbonyl (C=O) groups excluding carboxylic acids is 2. The zero-order valence-corrected chi connectivity index (χ0v) is 13.4. The van der Waals surface area contributed by atoms with Gasteiger partial charge in [-0.3, -0.25) is 9.59 Å². The first-order valence-electron chi connectivity index (χ1n) is 7.78. The summed E-state index contributed by atoms with van der Waals surface area (Å²) < 4.78 is 0. The fourth-order valence-corrected chi connectivity index (χ4v) is 3.07. The van der Waals surface area contributed by atoms with E-state index in [0.717, 1.165) is 16.8 Å². The van der Waals surface area contributed by atoms with Gasteiger partial charge in [0.2, 0.25) is 0 Å². The van der Waals surface area contributed by atoms with Gasteiger partial charge in [-0.2, -0.15) is 5.11 Å². The SMILES string of the molecule is Cc1ccc(N2C(=O)[C@H]3N=NN(c4ccccc4)[C@H]3C2=O)cc1C. The topological polar surface area (TPSA) is 65.3 Å². The Labute approximate surface area is 139 Å². The molecule has 0 saturated carbocycles. The Bertz CT molecular complexity index is 863. The van der Waals surface area contributed by atoms with Gasteiger partial charge in [0.05, 0.1) is 11.4 Å². The van der Waals surface area contributed by atoms with Crippen molar-refractivity contribution < 1.29 is 9.59 Å². The maximum Gasteiger partial charge on any atom is 0.263 e. The molecule has 2 atom stereocenters. The highest BCUT2D eigenvalue weighted by Crippen LogP contribution is 2.35. The summed E-state index contributed by atoms with van der Waals surface area (Å²) >= 11 is 0. The maximum atomic E-state index is 12.9. The summed E-state index contributed by atoms with van der Waals surface area (Å²) in [6.45, 7) is 3.95. The number of hydrogen-bond donors (Lipinski definition) is 0. The molecule has 24 heavy (non-hydrogen) atoms. The van der Waals surface area contributed by atoms with Crippen molar-refractivity contribution in [2.45, 2.75) is 25.9 Å². The highest BCUT2D eigenvalue weighted by molar-refractivity contribution is 6.26. The van der Waals surface area contributed by atoms with Crippen LogP contribution in [0.1, 0.15) is 11.1 Å². The third-order valence-corrected chi connectivity index (χ3v) is 4.55. The van der Waals surface area contributed by atoms with E-state index in [4.69, 9.17) is 0 Å². The first kappa shape index (κ1) is 14.6. The van der Waals surface area contributed by atoms with Crippen LogP contribution in [-0.4, -0.2) is 23.9 Å². The molecule has 0 N–H and O–H groups in total. The van der Waals surface area contributed by atoms with Gasteiger partial charge in [0.1, 0.15) is 0 Å². The van der Waals surface area contributed by atoms with Crippen LogP contribution in [0.4, 0.5) is 11.4 Å². The normalized spacial score (nSPS) is 22.4. The zero-order chi connectivity index (χ0) is 16.8. The van der Waals surface area contributed by atoms with Crippen LogP contribution in [-0.2, 0) is 9.59 Å². The number of carbonyl (C=O) groups is 2. The molecular weight excluding hydrogens is 304 g/mol. The van der Waals surface area contributed by atoms with E-state index >= 15 is 0 Å². The molecule has 2 aliphatic heterocycles. The first-order valence-corrected chi connectivity index (χ1v) is 7.78. The molecule has 6 heteroatoms. The van der Waals surface area contributed by atoms with E-state index in [-0.39, 0.29) is 11.8 Å². The van der Waals surface area contributed by atoms with Crippen LogP contribution in [0.3, 0.4) is 0 Å². The van der Waals surface area contributed by atoms with Gasteiger partial charge in [-0.05, 0) is 49.2 Å². The van der Waals surface area contributed by atoms with E-state index in [2.05, 4.69) is 10.3 Å². The number of para-hydroxylation sites is 1. The van der Waals surface area contributed by atoms with E-state index in [0.29, 0.717) is 5.69 Å². The molecule has 0 unspecified atom stereocenters. The Hall–Kier alpha value is -3.02. The van der Waals surface area contributed by atoms with E-state index in [1.54, 1.807) is 6.07 Å². The standard InChI is InChI=1S/C18H16N4O2/c1-11-8-9-14(10-12(11)2)21-17(23)15-16(18(21)24)22(20-19-15)13-6-4-3-5-7-13/h3-10,15-16H,1-2H3/t15-,16+/m0/s1. The van der Waals surface area contributed by atoms with Crippen LogP contribution in [0, 0.1) is 13.8 Å². The van der Waals surface area contributed by atoms with Crippen LogP contribution in [0.5, 0.6) is 0 Å². The van der Waals surface area contributed by atoms with E-state index in [1.807, 2.05) is 56.3 Å². The average Bonchev–Trinajstić information content (AvgIpc) is 3.12. The smallest absolute Gasteiger partial charge is 0.263 e. The molecular formula is C18H16N4O2. The minimum absolute atomic E-state index is 0.290. The minimum Gasteiger partial charge on any atom is -0.271 e. The Morgan fingerprint density at radius 2 is 1.62 bits per heavy atom. The molecule has 0 aromatic heterocycles. The van der Waals surface area contributed by atoms with Crippen molar-refractivity contribution in [3.63, 3.8) is 0 Å². The number of amides is 2. The number of hydrogen-bond acceptors (Lipinski definition) is 5. The Morgan fingerprint density at radius 3 is 2.33 bits per heavy atom. The number of rotatable bonds is 2. The van der Waals surface area contributed by atoms with Crippen LogP contribution in [0.25, 0.3) is 0 Å². The largest absolute Gasteiger partial charge is 0.271 e. The third-order valence-electron chi connectivity index (χ3n) is 4.55. The molecule has 2 heterocycles. The lowest BCUT2D eigenvalue weighted by molar-refractivity contribution is -0.121. The summed E-state index contributed by atoms with van der Waals surface area (Å²) in [6.07, 6.45) is 0. The summed E-state index contributed by atoms with van der Waals surface area (Å²) in [6, 6.07) is 13.4. The van der Waals surface area contributed by atoms with Crippen molar-refractivity contribution in [3.05, 3.63) is 59.7 Å². The van der Waals surface area contributed by atoms with Crippen molar-refractivity contribution in [3.8, 4) is 0 Å². The Balaban J connectivity index is 1.72. The number of anilines is 2. The van der Waals surface area contributed by atoms with E-state index in [1.165, 1.54) is 9.91 Å². The summed E-state index contributed by atoms with van der Waals surface area (Å²) in [5.41, 5.74) is 3.48. The van der Waals surface area contributed by atoms with Gasteiger partial charge < -0.3 is 0 Å². The van der Waals surface area contributed by atoms with Gasteiger partial charge in [0.25, 0.3) is 11.8 Å². The van der Waals surface area contributed by atoms with Crippen LogP contribution >= 0.6 is 0 Å². The lowest BCUT2D eigenvalue weighted by Crippen LogP contribution is -2.39. The van der Waals surface area contributed by atoms with Gasteiger partial charge in [0.15, 0.2) is 12.1 Å². The molecule has 4 rings (SSSR count). The monoisotopic (exact) mass is 320 g/mol. The lowest BCUT2D eigenvalue weighted by atomic mass is 10.1. The van der Waals surface area contributed by atoms with Gasteiger partial charge in [0, 0.05) is 0 Å². The van der Waals surface area contributed by atoms with Gasteiger partial charge in [-0.25, -0.2) is 9.91 Å². The molecule has 6 nitrogen and oxygen atoms in total. The number of benzene rings is 2. The molecule has 0 bridgehead atoms. The van der Waals surface area contributed by atoms with Crippen molar-refractivity contribution in [2.75, 3.05) is 9.91 Å². The first-order chi connectivity index (χ1) is 11.6. The lowest BCUT2D eigenvalue weighted by Gasteiger charge is -2.20. The average molecular weight is 320 g/mol. The number of fused-ring (bicyclic) bond motifs is 1. The molecule has 2 aromatic rings. The van der Waals surface area contributed by atoms with Crippen LogP contribution < -0.4 is 9.91 Å². The quantitative estimate of drug-likeness (QED) is 0.799. The second-order valence-corrected chi connectivity index (χ2v) is 6.06. The molecule has 0 spiro atoms. The molecule has 1 saturated heterocycles. The molecule has 2 amide bonds. The fourth-order valence-electron chi connectivity index (χ4n) is 3.07. The molecule has 1 fully saturated rings. The Morgan fingerprint density at radius 1 is 0.875 bits per heavy atom. The van der Waals surface area contributed by atoms with Gasteiger partial charge >= 0.3 is 0 Å². The second kappa shape index (κ2) is 5.26. The zero-order valence-electron chi connectivity index (χ0n) is 13.4. The molecule has 0 radical (unpaired) electrons. The predicted octanol–water partition coefficient (Wildman–Crippen LogP) is 2.80. The number of aryl methyl sites for hydroxylation is 2. The summed E-state index contributed by atoms with van der Waals surface area (Å²) in [4.78, 5) is 26.8. The Kier molecular flexibility index (Phi) is 3.19.